The van der Waals surface area contributed by atoms with Crippen LogP contribution in [-0.2, 0) is 14.4 Å². The lowest BCUT2D eigenvalue weighted by Crippen LogP contribution is -2.53. The summed E-state index contributed by atoms with van der Waals surface area (Å²) in [7, 11) is 0. The van der Waals surface area contributed by atoms with Gasteiger partial charge in [0.15, 0.2) is 5.60 Å². The fourth-order valence-corrected chi connectivity index (χ4v) is 1.39. The van der Waals surface area contributed by atoms with Crippen molar-refractivity contribution in [1.82, 2.24) is 10.2 Å². The third-order valence-electron chi connectivity index (χ3n) is 2.22. The molecule has 0 aliphatic rings. The highest BCUT2D eigenvalue weighted by Gasteiger charge is 2.42. The molecule has 0 spiro atoms. The summed E-state index contributed by atoms with van der Waals surface area (Å²) < 4.78 is 0. The van der Waals surface area contributed by atoms with Crippen molar-refractivity contribution in [1.29, 1.82) is 0 Å². The van der Waals surface area contributed by atoms with Gasteiger partial charge in [0.05, 0.1) is 12.8 Å². The first-order valence-electron chi connectivity index (χ1n) is 5.20. The Bertz CT molecular complexity index is 345. The Hall–Kier alpha value is -1.75. The quantitative estimate of drug-likeness (QED) is 0.244. The number of hydrogen-bond acceptors (Lipinski definition) is 7. The highest BCUT2D eigenvalue weighted by Crippen LogP contribution is 2.18. The minimum Gasteiger partial charge on any atom is -0.379 e. The summed E-state index contributed by atoms with van der Waals surface area (Å²) in [6.45, 7) is -2.56. The van der Waals surface area contributed by atoms with Crippen LogP contribution in [0, 0.1) is 0 Å². The molecular weight excluding hydrogens is 262 g/mol. The molecule has 0 saturated heterocycles. The zero-order valence-corrected chi connectivity index (χ0v) is 10.1. The number of carbonyl (C=O) groups excluding carboxylic acids is 3. The average Bonchev–Trinajstić information content (AvgIpc) is 2.29. The Labute approximate surface area is 108 Å². The Morgan fingerprint density at radius 3 is 2.00 bits per heavy atom. The van der Waals surface area contributed by atoms with Crippen LogP contribution >= 0.6 is 0 Å². The van der Waals surface area contributed by atoms with Gasteiger partial charge in [0, 0.05) is 0 Å². The molecule has 0 aromatic rings. The molecule has 0 aromatic heterocycles. The lowest BCUT2D eigenvalue weighted by Gasteiger charge is -2.30. The van der Waals surface area contributed by atoms with Gasteiger partial charge in [0.25, 0.3) is 5.91 Å². The van der Waals surface area contributed by atoms with Gasteiger partial charge in [-0.15, -0.1) is 0 Å². The van der Waals surface area contributed by atoms with E-state index in [0.717, 1.165) is 0 Å². The molecule has 7 N–H and O–H groups in total. The number of hydrogen-bond donors (Lipinski definition) is 6. The van der Waals surface area contributed by atoms with Crippen LogP contribution in [0.15, 0.2) is 0 Å². The first-order valence-corrected chi connectivity index (χ1v) is 5.20. The summed E-state index contributed by atoms with van der Waals surface area (Å²) in [6, 6.07) is 0. The lowest BCUT2D eigenvalue weighted by atomic mass is 9.93. The second-order valence-corrected chi connectivity index (χ2v) is 3.74. The Kier molecular flexibility index (Phi) is 6.93. The maximum absolute atomic E-state index is 11.8. The first-order chi connectivity index (χ1) is 8.80. The Morgan fingerprint density at radius 2 is 1.63 bits per heavy atom. The molecule has 1 unspecified atom stereocenters. The molecule has 110 valence electrons. The van der Waals surface area contributed by atoms with Crippen LogP contribution in [0.2, 0.25) is 0 Å². The van der Waals surface area contributed by atoms with Gasteiger partial charge in [-0.1, -0.05) is 0 Å². The van der Waals surface area contributed by atoms with Crippen molar-refractivity contribution >= 4 is 17.7 Å². The second-order valence-electron chi connectivity index (χ2n) is 3.74. The molecule has 0 rings (SSSR count). The number of carbonyl (C=O) groups is 3. The monoisotopic (exact) mass is 279 g/mol. The average molecular weight is 279 g/mol. The predicted molar refractivity (Wildman–Crippen MR) is 59.6 cm³/mol. The molecule has 19 heavy (non-hydrogen) atoms. The van der Waals surface area contributed by atoms with Gasteiger partial charge in [-0.05, 0) is 0 Å². The maximum atomic E-state index is 11.8. The van der Waals surface area contributed by atoms with Crippen LogP contribution in [-0.4, -0.2) is 68.8 Å². The van der Waals surface area contributed by atoms with Crippen molar-refractivity contribution in [2.24, 2.45) is 5.73 Å². The smallest absolute Gasteiger partial charge is 0.259 e. The van der Waals surface area contributed by atoms with E-state index < -0.39 is 56.4 Å². The molecule has 0 aliphatic heterocycles. The zero-order valence-electron chi connectivity index (χ0n) is 10.1. The van der Waals surface area contributed by atoms with E-state index in [1.165, 1.54) is 0 Å². The molecule has 3 amide bonds. The SMILES string of the molecule is NC(=O)CC(O)(CC(=O)NCO)C(=O)N(CO)CO. The van der Waals surface area contributed by atoms with E-state index >= 15 is 0 Å². The molecule has 0 heterocycles. The van der Waals surface area contributed by atoms with Crippen molar-refractivity contribution < 1.29 is 34.8 Å². The number of aliphatic hydroxyl groups excluding tert-OH is 3. The molecule has 0 bridgehead atoms. The van der Waals surface area contributed by atoms with Crippen LogP contribution in [0.1, 0.15) is 12.8 Å². The molecular formula is C9H17N3O7. The van der Waals surface area contributed by atoms with E-state index in [1.54, 1.807) is 0 Å². The van der Waals surface area contributed by atoms with Gasteiger partial charge < -0.3 is 31.5 Å². The maximum Gasteiger partial charge on any atom is 0.259 e. The summed E-state index contributed by atoms with van der Waals surface area (Å²) in [5, 5.41) is 38.0. The van der Waals surface area contributed by atoms with Crippen LogP contribution in [0.5, 0.6) is 0 Å². The van der Waals surface area contributed by atoms with Gasteiger partial charge in [-0.3, -0.25) is 19.3 Å². The fraction of sp³-hybridized carbons (Fsp3) is 0.667. The second kappa shape index (κ2) is 7.63. The van der Waals surface area contributed by atoms with Crippen LogP contribution in [0.4, 0.5) is 0 Å². The van der Waals surface area contributed by atoms with Gasteiger partial charge in [-0.2, -0.15) is 0 Å². The van der Waals surface area contributed by atoms with Crippen molar-refractivity contribution in [2.45, 2.75) is 18.4 Å². The number of aliphatic hydroxyl groups is 4. The lowest BCUT2D eigenvalue weighted by molar-refractivity contribution is -0.165. The third kappa shape index (κ3) is 5.18. The number of amides is 3. The summed E-state index contributed by atoms with van der Waals surface area (Å²) in [5.41, 5.74) is 2.37. The molecule has 1 atom stereocenters. The zero-order chi connectivity index (χ0) is 15.1. The van der Waals surface area contributed by atoms with Gasteiger partial charge in [0.1, 0.15) is 20.2 Å². The Morgan fingerprint density at radius 1 is 1.11 bits per heavy atom. The molecule has 10 heteroatoms. The molecule has 0 radical (unpaired) electrons. The van der Waals surface area contributed by atoms with E-state index in [2.05, 4.69) is 0 Å². The van der Waals surface area contributed by atoms with Gasteiger partial charge >= 0.3 is 0 Å². The summed E-state index contributed by atoms with van der Waals surface area (Å²) in [4.78, 5) is 34.3. The summed E-state index contributed by atoms with van der Waals surface area (Å²) in [6.07, 6.45) is -1.73. The van der Waals surface area contributed by atoms with Crippen LogP contribution in [0.3, 0.4) is 0 Å². The van der Waals surface area contributed by atoms with E-state index in [4.69, 9.17) is 21.1 Å². The number of nitrogens with one attached hydrogen (secondary N) is 1. The van der Waals surface area contributed by atoms with E-state index in [-0.39, 0.29) is 0 Å². The van der Waals surface area contributed by atoms with E-state index in [9.17, 15) is 19.5 Å². The van der Waals surface area contributed by atoms with Crippen molar-refractivity contribution in [3.63, 3.8) is 0 Å². The highest BCUT2D eigenvalue weighted by molar-refractivity contribution is 5.94. The molecule has 0 aromatic carbocycles. The topological polar surface area (TPSA) is 173 Å². The van der Waals surface area contributed by atoms with Gasteiger partial charge in [0.2, 0.25) is 11.8 Å². The minimum atomic E-state index is -2.50. The molecule has 0 saturated carbocycles. The predicted octanol–water partition coefficient (Wildman–Crippen LogP) is -4.22. The number of rotatable bonds is 8. The van der Waals surface area contributed by atoms with Gasteiger partial charge in [-0.25, -0.2) is 0 Å². The van der Waals surface area contributed by atoms with Crippen molar-refractivity contribution in [3.05, 3.63) is 0 Å². The summed E-state index contributed by atoms with van der Waals surface area (Å²) in [5.74, 6) is -3.19. The van der Waals surface area contributed by atoms with E-state index in [0.29, 0.717) is 4.90 Å². The normalized spacial score (nSPS) is 13.5. The highest BCUT2D eigenvalue weighted by atomic mass is 16.3. The largest absolute Gasteiger partial charge is 0.379 e. The van der Waals surface area contributed by atoms with E-state index in [1.807, 2.05) is 5.32 Å². The van der Waals surface area contributed by atoms with Crippen molar-refractivity contribution in [3.8, 4) is 0 Å². The minimum absolute atomic E-state index is 0.412. The number of primary amides is 1. The van der Waals surface area contributed by atoms with Crippen molar-refractivity contribution in [2.75, 3.05) is 20.2 Å². The first kappa shape index (κ1) is 17.2. The molecule has 0 fully saturated rings. The van der Waals surface area contributed by atoms with Crippen LogP contribution < -0.4 is 11.1 Å². The number of nitrogens with zero attached hydrogens (tertiary/aromatic N) is 1. The standard InChI is InChI=1S/C9H17N3O7/c10-6(16)1-9(19,2-7(17)11-3-13)8(18)12(4-14)5-15/h13-15,19H,1-5H2,(H2,10,16)(H,11,17). The van der Waals surface area contributed by atoms with Crippen LogP contribution in [0.25, 0.3) is 0 Å². The fourth-order valence-electron chi connectivity index (χ4n) is 1.39. The molecule has 0 aliphatic carbocycles. The third-order valence-corrected chi connectivity index (χ3v) is 2.22. The molecule has 10 nitrogen and oxygen atoms in total. The Balaban J connectivity index is 5.10. The summed E-state index contributed by atoms with van der Waals surface area (Å²) >= 11 is 0. The number of nitrogens with two attached hydrogens (primary N) is 1.